The zero-order chi connectivity index (χ0) is 15.3. The standard InChI is InChI=1S/C14H14F3N3O/c15-14(16,17)12-5-2-6-19-13(12)20-7-8-21-11-4-1-3-10(18)9-11/h1-6,9H,7-8,18H2,(H,19,20). The molecular weight excluding hydrogens is 283 g/mol. The van der Waals surface area contributed by atoms with Gasteiger partial charge in [-0.1, -0.05) is 6.07 Å². The van der Waals surface area contributed by atoms with Crippen molar-refractivity contribution >= 4 is 11.5 Å². The third kappa shape index (κ3) is 4.27. The summed E-state index contributed by atoms with van der Waals surface area (Å²) < 4.78 is 43.6. The summed E-state index contributed by atoms with van der Waals surface area (Å²) in [6, 6.07) is 9.04. The minimum absolute atomic E-state index is 0.189. The topological polar surface area (TPSA) is 60.2 Å². The molecule has 0 saturated heterocycles. The van der Waals surface area contributed by atoms with E-state index < -0.39 is 11.7 Å². The molecule has 4 nitrogen and oxygen atoms in total. The number of nitrogens with zero attached hydrogens (tertiary/aromatic N) is 1. The van der Waals surface area contributed by atoms with Gasteiger partial charge in [0.1, 0.15) is 18.2 Å². The first-order chi connectivity index (χ1) is 9.97. The summed E-state index contributed by atoms with van der Waals surface area (Å²) in [6.07, 6.45) is -3.14. The Balaban J connectivity index is 1.90. The fourth-order valence-corrected chi connectivity index (χ4v) is 1.72. The minimum atomic E-state index is -4.44. The Labute approximate surface area is 119 Å². The van der Waals surface area contributed by atoms with E-state index in [9.17, 15) is 13.2 Å². The summed E-state index contributed by atoms with van der Waals surface area (Å²) in [6.45, 7) is 0.381. The van der Waals surface area contributed by atoms with Crippen LogP contribution in [0.4, 0.5) is 24.7 Å². The van der Waals surface area contributed by atoms with Crippen molar-refractivity contribution in [2.24, 2.45) is 0 Å². The van der Waals surface area contributed by atoms with E-state index in [2.05, 4.69) is 10.3 Å². The fourth-order valence-electron chi connectivity index (χ4n) is 1.72. The van der Waals surface area contributed by atoms with Crippen LogP contribution < -0.4 is 15.8 Å². The van der Waals surface area contributed by atoms with E-state index in [4.69, 9.17) is 10.5 Å². The molecule has 21 heavy (non-hydrogen) atoms. The Morgan fingerprint density at radius 2 is 2.00 bits per heavy atom. The molecule has 0 aliphatic carbocycles. The number of rotatable bonds is 5. The van der Waals surface area contributed by atoms with Crippen molar-refractivity contribution in [2.75, 3.05) is 24.2 Å². The lowest BCUT2D eigenvalue weighted by molar-refractivity contribution is -0.137. The van der Waals surface area contributed by atoms with Gasteiger partial charge in [-0.25, -0.2) is 4.98 Å². The second-order valence-corrected chi connectivity index (χ2v) is 4.25. The fraction of sp³-hybridized carbons (Fsp3) is 0.214. The average molecular weight is 297 g/mol. The molecule has 0 aliphatic heterocycles. The van der Waals surface area contributed by atoms with Gasteiger partial charge in [-0.3, -0.25) is 0 Å². The lowest BCUT2D eigenvalue weighted by Gasteiger charge is -2.13. The third-order valence-electron chi connectivity index (χ3n) is 2.63. The molecule has 1 heterocycles. The summed E-state index contributed by atoms with van der Waals surface area (Å²) >= 11 is 0. The molecule has 2 aromatic rings. The zero-order valence-corrected chi connectivity index (χ0v) is 11.0. The number of ether oxygens (including phenoxy) is 1. The van der Waals surface area contributed by atoms with Gasteiger partial charge in [-0.05, 0) is 24.3 Å². The van der Waals surface area contributed by atoms with Crippen molar-refractivity contribution in [3.8, 4) is 5.75 Å². The zero-order valence-electron chi connectivity index (χ0n) is 11.0. The molecule has 0 saturated carbocycles. The van der Waals surface area contributed by atoms with Crippen LogP contribution in [0.2, 0.25) is 0 Å². The molecule has 7 heteroatoms. The number of aromatic nitrogens is 1. The van der Waals surface area contributed by atoms with E-state index in [1.54, 1.807) is 24.3 Å². The SMILES string of the molecule is Nc1cccc(OCCNc2ncccc2C(F)(F)F)c1. The van der Waals surface area contributed by atoms with Crippen LogP contribution in [0.15, 0.2) is 42.6 Å². The Morgan fingerprint density at radius 1 is 1.19 bits per heavy atom. The van der Waals surface area contributed by atoms with Crippen molar-refractivity contribution < 1.29 is 17.9 Å². The molecule has 0 atom stereocenters. The number of hydrogen-bond acceptors (Lipinski definition) is 4. The number of halogens is 3. The van der Waals surface area contributed by atoms with Crippen LogP contribution in [0.5, 0.6) is 5.75 Å². The van der Waals surface area contributed by atoms with Crippen molar-refractivity contribution in [3.05, 3.63) is 48.2 Å². The van der Waals surface area contributed by atoms with Gasteiger partial charge < -0.3 is 15.8 Å². The summed E-state index contributed by atoms with van der Waals surface area (Å²) in [5.74, 6) is 0.357. The van der Waals surface area contributed by atoms with Crippen LogP contribution in [0.3, 0.4) is 0 Å². The molecule has 3 N–H and O–H groups in total. The van der Waals surface area contributed by atoms with Gasteiger partial charge >= 0.3 is 6.18 Å². The van der Waals surface area contributed by atoms with Crippen LogP contribution in [-0.2, 0) is 6.18 Å². The van der Waals surface area contributed by atoms with Crippen molar-refractivity contribution in [2.45, 2.75) is 6.18 Å². The van der Waals surface area contributed by atoms with E-state index in [1.165, 1.54) is 12.3 Å². The molecule has 0 fully saturated rings. The maximum absolute atomic E-state index is 12.7. The van der Waals surface area contributed by atoms with Crippen LogP contribution in [-0.4, -0.2) is 18.1 Å². The monoisotopic (exact) mass is 297 g/mol. The highest BCUT2D eigenvalue weighted by Gasteiger charge is 2.33. The van der Waals surface area contributed by atoms with Gasteiger partial charge in [0, 0.05) is 18.0 Å². The largest absolute Gasteiger partial charge is 0.492 e. The van der Waals surface area contributed by atoms with Gasteiger partial charge in [0.15, 0.2) is 0 Å². The number of nitrogens with two attached hydrogens (primary N) is 1. The second kappa shape index (κ2) is 6.34. The number of benzene rings is 1. The number of nitrogens with one attached hydrogen (secondary N) is 1. The maximum Gasteiger partial charge on any atom is 0.419 e. The van der Waals surface area contributed by atoms with E-state index in [1.807, 2.05) is 0 Å². The number of pyridine rings is 1. The molecule has 0 aliphatic rings. The summed E-state index contributed by atoms with van der Waals surface area (Å²) in [5.41, 5.74) is 5.35. The van der Waals surface area contributed by atoms with Crippen LogP contribution in [0.25, 0.3) is 0 Å². The summed E-state index contributed by atoms with van der Waals surface area (Å²) in [7, 11) is 0. The molecule has 1 aromatic carbocycles. The van der Waals surface area contributed by atoms with Gasteiger partial charge in [0.25, 0.3) is 0 Å². The third-order valence-corrected chi connectivity index (χ3v) is 2.63. The molecule has 0 bridgehead atoms. The van der Waals surface area contributed by atoms with Crippen LogP contribution >= 0.6 is 0 Å². The smallest absolute Gasteiger partial charge is 0.419 e. The Morgan fingerprint density at radius 3 is 2.71 bits per heavy atom. The highest BCUT2D eigenvalue weighted by Crippen LogP contribution is 2.33. The van der Waals surface area contributed by atoms with Crippen molar-refractivity contribution in [1.29, 1.82) is 0 Å². The number of anilines is 2. The van der Waals surface area contributed by atoms with Crippen LogP contribution in [0, 0.1) is 0 Å². The van der Waals surface area contributed by atoms with Gasteiger partial charge in [-0.2, -0.15) is 13.2 Å². The predicted octanol–water partition coefficient (Wildman–Crippen LogP) is 3.17. The van der Waals surface area contributed by atoms with Gasteiger partial charge in [-0.15, -0.1) is 0 Å². The molecule has 2 rings (SSSR count). The molecule has 112 valence electrons. The second-order valence-electron chi connectivity index (χ2n) is 4.25. The predicted molar refractivity (Wildman–Crippen MR) is 74.1 cm³/mol. The number of hydrogen-bond donors (Lipinski definition) is 2. The average Bonchev–Trinajstić information content (AvgIpc) is 2.43. The van der Waals surface area contributed by atoms with E-state index >= 15 is 0 Å². The molecule has 0 unspecified atom stereocenters. The first kappa shape index (κ1) is 15.0. The Kier molecular flexibility index (Phi) is 4.52. The Hall–Kier alpha value is -2.44. The molecule has 1 aromatic heterocycles. The highest BCUT2D eigenvalue weighted by molar-refractivity contribution is 5.46. The van der Waals surface area contributed by atoms with Crippen LogP contribution in [0.1, 0.15) is 5.56 Å². The minimum Gasteiger partial charge on any atom is -0.492 e. The highest BCUT2D eigenvalue weighted by atomic mass is 19.4. The normalized spacial score (nSPS) is 11.2. The number of alkyl halides is 3. The molecule has 0 spiro atoms. The molecular formula is C14H14F3N3O. The summed E-state index contributed by atoms with van der Waals surface area (Å²) in [5, 5.41) is 2.62. The lowest BCUT2D eigenvalue weighted by atomic mass is 10.2. The lowest BCUT2D eigenvalue weighted by Crippen LogP contribution is -2.16. The van der Waals surface area contributed by atoms with E-state index in [0.717, 1.165) is 6.07 Å². The quantitative estimate of drug-likeness (QED) is 0.657. The first-order valence-electron chi connectivity index (χ1n) is 6.21. The van der Waals surface area contributed by atoms with Crippen molar-refractivity contribution in [3.63, 3.8) is 0 Å². The number of nitrogen functional groups attached to an aromatic ring is 1. The maximum atomic E-state index is 12.7. The van der Waals surface area contributed by atoms with Gasteiger partial charge in [0.2, 0.25) is 0 Å². The van der Waals surface area contributed by atoms with Crippen molar-refractivity contribution in [1.82, 2.24) is 4.98 Å². The first-order valence-corrected chi connectivity index (χ1v) is 6.21. The van der Waals surface area contributed by atoms with Gasteiger partial charge in [0.05, 0.1) is 12.1 Å². The Bertz CT molecular complexity index is 602. The van der Waals surface area contributed by atoms with E-state index in [0.29, 0.717) is 11.4 Å². The molecule has 0 radical (unpaired) electrons. The molecule has 0 amide bonds. The van der Waals surface area contributed by atoms with E-state index in [-0.39, 0.29) is 19.0 Å². The summed E-state index contributed by atoms with van der Waals surface area (Å²) in [4.78, 5) is 3.70.